The van der Waals surface area contributed by atoms with Crippen LogP contribution in [0.1, 0.15) is 22.7 Å². The van der Waals surface area contributed by atoms with E-state index in [0.29, 0.717) is 13.2 Å². The molecule has 0 aliphatic carbocycles. The summed E-state index contributed by atoms with van der Waals surface area (Å²) in [5.41, 5.74) is 3.75. The summed E-state index contributed by atoms with van der Waals surface area (Å²) in [5.74, 6) is 0.847. The summed E-state index contributed by atoms with van der Waals surface area (Å²) in [6, 6.07) is 29.7. The van der Waals surface area contributed by atoms with E-state index in [1.54, 1.807) is 0 Å². The number of hydrogen-bond acceptors (Lipinski definition) is 4. The van der Waals surface area contributed by atoms with Gasteiger partial charge < -0.3 is 9.84 Å². The van der Waals surface area contributed by atoms with Crippen molar-refractivity contribution in [3.63, 3.8) is 0 Å². The molecule has 1 atom stereocenters. The SMILES string of the molecule is Cc1ccccc1OCC(O)CN1CCN(C(c2ccccc2)c2ccccc2)CC1. The largest absolute Gasteiger partial charge is 0.491 e. The number of piperazine rings is 1. The molecule has 3 aromatic carbocycles. The Morgan fingerprint density at radius 2 is 1.32 bits per heavy atom. The molecule has 4 rings (SSSR count). The lowest BCUT2D eigenvalue weighted by Gasteiger charge is -2.40. The highest BCUT2D eigenvalue weighted by atomic mass is 16.5. The van der Waals surface area contributed by atoms with Crippen LogP contribution in [0.15, 0.2) is 84.9 Å². The van der Waals surface area contributed by atoms with Crippen LogP contribution in [0.4, 0.5) is 0 Å². The molecule has 0 aromatic heterocycles. The summed E-state index contributed by atoms with van der Waals surface area (Å²) in [7, 11) is 0. The standard InChI is InChI=1S/C27H32N2O2/c1-22-10-8-9-15-26(22)31-21-25(30)20-28-16-18-29(19-17-28)27(23-11-4-2-5-12-23)24-13-6-3-7-14-24/h2-15,25,27,30H,16-21H2,1H3. The normalized spacial score (nSPS) is 16.4. The van der Waals surface area contributed by atoms with E-state index in [4.69, 9.17) is 4.74 Å². The summed E-state index contributed by atoms with van der Waals surface area (Å²) >= 11 is 0. The zero-order chi connectivity index (χ0) is 21.5. The summed E-state index contributed by atoms with van der Waals surface area (Å²) in [4.78, 5) is 4.90. The van der Waals surface area contributed by atoms with Crippen molar-refractivity contribution in [2.75, 3.05) is 39.3 Å². The highest BCUT2D eigenvalue weighted by molar-refractivity contribution is 5.32. The Morgan fingerprint density at radius 1 is 0.774 bits per heavy atom. The first-order chi connectivity index (χ1) is 15.2. The number of aliphatic hydroxyl groups is 1. The minimum absolute atomic E-state index is 0.263. The van der Waals surface area contributed by atoms with Gasteiger partial charge in [0.1, 0.15) is 18.5 Å². The van der Waals surface area contributed by atoms with Crippen LogP contribution in [0.5, 0.6) is 5.75 Å². The van der Waals surface area contributed by atoms with Gasteiger partial charge in [-0.3, -0.25) is 9.80 Å². The van der Waals surface area contributed by atoms with Crippen molar-refractivity contribution in [2.45, 2.75) is 19.1 Å². The molecule has 1 unspecified atom stereocenters. The molecule has 1 aliphatic heterocycles. The zero-order valence-corrected chi connectivity index (χ0v) is 18.2. The molecule has 0 spiro atoms. The topological polar surface area (TPSA) is 35.9 Å². The number of nitrogens with zero attached hydrogens (tertiary/aromatic N) is 2. The third-order valence-corrected chi connectivity index (χ3v) is 6.00. The first-order valence-electron chi connectivity index (χ1n) is 11.1. The summed E-state index contributed by atoms with van der Waals surface area (Å²) in [6.07, 6.45) is -0.495. The van der Waals surface area contributed by atoms with Gasteiger partial charge in [0.25, 0.3) is 0 Å². The van der Waals surface area contributed by atoms with E-state index in [-0.39, 0.29) is 6.04 Å². The number of benzene rings is 3. The van der Waals surface area contributed by atoms with Gasteiger partial charge in [-0.05, 0) is 29.7 Å². The third-order valence-electron chi connectivity index (χ3n) is 6.00. The minimum Gasteiger partial charge on any atom is -0.491 e. The highest BCUT2D eigenvalue weighted by Gasteiger charge is 2.27. The van der Waals surface area contributed by atoms with E-state index < -0.39 is 6.10 Å². The fourth-order valence-corrected chi connectivity index (χ4v) is 4.34. The van der Waals surface area contributed by atoms with Crippen molar-refractivity contribution in [3.05, 3.63) is 102 Å². The molecule has 1 N–H and O–H groups in total. The molecule has 0 bridgehead atoms. The molecule has 162 valence electrons. The van der Waals surface area contributed by atoms with Crippen LogP contribution in [0, 0.1) is 6.92 Å². The molecule has 31 heavy (non-hydrogen) atoms. The molecule has 0 radical (unpaired) electrons. The van der Waals surface area contributed by atoms with Gasteiger partial charge in [-0.15, -0.1) is 0 Å². The maximum Gasteiger partial charge on any atom is 0.122 e. The number of hydrogen-bond donors (Lipinski definition) is 1. The second kappa shape index (κ2) is 10.6. The van der Waals surface area contributed by atoms with Gasteiger partial charge in [0.2, 0.25) is 0 Å². The van der Waals surface area contributed by atoms with Crippen LogP contribution < -0.4 is 4.74 Å². The molecule has 4 nitrogen and oxygen atoms in total. The predicted molar refractivity (Wildman–Crippen MR) is 125 cm³/mol. The summed E-state index contributed by atoms with van der Waals surface area (Å²) in [6.45, 7) is 6.81. The summed E-state index contributed by atoms with van der Waals surface area (Å²) in [5, 5.41) is 10.5. The molecule has 1 fully saturated rings. The first kappa shape index (κ1) is 21.6. The maximum absolute atomic E-state index is 10.5. The van der Waals surface area contributed by atoms with Crippen molar-refractivity contribution >= 4 is 0 Å². The number of aliphatic hydroxyl groups excluding tert-OH is 1. The Labute approximate surface area is 185 Å². The van der Waals surface area contributed by atoms with Gasteiger partial charge >= 0.3 is 0 Å². The van der Waals surface area contributed by atoms with Gasteiger partial charge in [-0.1, -0.05) is 78.9 Å². The highest BCUT2D eigenvalue weighted by Crippen LogP contribution is 2.29. The van der Waals surface area contributed by atoms with Crippen LogP contribution in [0.25, 0.3) is 0 Å². The molecule has 4 heteroatoms. The molecule has 3 aromatic rings. The van der Waals surface area contributed by atoms with Crippen LogP contribution in [0.3, 0.4) is 0 Å². The van der Waals surface area contributed by atoms with E-state index >= 15 is 0 Å². The Morgan fingerprint density at radius 3 is 1.90 bits per heavy atom. The summed E-state index contributed by atoms with van der Waals surface area (Å²) < 4.78 is 5.83. The molecular formula is C27H32N2O2. The smallest absolute Gasteiger partial charge is 0.122 e. The van der Waals surface area contributed by atoms with Crippen LogP contribution in [0.2, 0.25) is 0 Å². The Hall–Kier alpha value is -2.66. The van der Waals surface area contributed by atoms with Crippen molar-refractivity contribution in [1.29, 1.82) is 0 Å². The Balaban J connectivity index is 1.33. The van der Waals surface area contributed by atoms with Crippen LogP contribution >= 0.6 is 0 Å². The Bertz CT molecular complexity index is 885. The Kier molecular flexibility index (Phi) is 7.36. The van der Waals surface area contributed by atoms with Gasteiger partial charge in [0.05, 0.1) is 6.04 Å². The van der Waals surface area contributed by atoms with E-state index in [0.717, 1.165) is 37.5 Å². The lowest BCUT2D eigenvalue weighted by atomic mass is 9.96. The molecular weight excluding hydrogens is 384 g/mol. The number of rotatable bonds is 8. The van der Waals surface area contributed by atoms with Gasteiger partial charge in [-0.2, -0.15) is 0 Å². The number of para-hydroxylation sites is 1. The maximum atomic E-state index is 10.5. The second-order valence-corrected chi connectivity index (χ2v) is 8.29. The van der Waals surface area contributed by atoms with Gasteiger partial charge in [0.15, 0.2) is 0 Å². The van der Waals surface area contributed by atoms with Gasteiger partial charge in [0, 0.05) is 32.7 Å². The first-order valence-corrected chi connectivity index (χ1v) is 11.1. The van der Waals surface area contributed by atoms with Crippen molar-refractivity contribution in [2.24, 2.45) is 0 Å². The average molecular weight is 417 g/mol. The second-order valence-electron chi connectivity index (χ2n) is 8.29. The lowest BCUT2D eigenvalue weighted by Crippen LogP contribution is -2.50. The molecule has 0 amide bonds. The third kappa shape index (κ3) is 5.73. The fourth-order valence-electron chi connectivity index (χ4n) is 4.34. The van der Waals surface area contributed by atoms with Crippen molar-refractivity contribution in [1.82, 2.24) is 9.80 Å². The van der Waals surface area contributed by atoms with Crippen molar-refractivity contribution in [3.8, 4) is 5.75 Å². The fraction of sp³-hybridized carbons (Fsp3) is 0.333. The zero-order valence-electron chi connectivity index (χ0n) is 18.2. The van der Waals surface area contributed by atoms with Gasteiger partial charge in [-0.25, -0.2) is 0 Å². The van der Waals surface area contributed by atoms with E-state index in [1.165, 1.54) is 11.1 Å². The molecule has 1 heterocycles. The van der Waals surface area contributed by atoms with Crippen LogP contribution in [-0.2, 0) is 0 Å². The quantitative estimate of drug-likeness (QED) is 0.599. The van der Waals surface area contributed by atoms with Crippen LogP contribution in [-0.4, -0.2) is 60.3 Å². The number of ether oxygens (including phenoxy) is 1. The van der Waals surface area contributed by atoms with Crippen molar-refractivity contribution < 1.29 is 9.84 Å². The van der Waals surface area contributed by atoms with E-state index in [2.05, 4.69) is 70.5 Å². The molecule has 1 saturated heterocycles. The molecule has 0 saturated carbocycles. The van der Waals surface area contributed by atoms with E-state index in [9.17, 15) is 5.11 Å². The molecule has 1 aliphatic rings. The number of β-amino-alcohol motifs (C(OH)–C–C–N with tert-alkyl or cyclic N) is 1. The lowest BCUT2D eigenvalue weighted by molar-refractivity contribution is 0.0399. The monoisotopic (exact) mass is 416 g/mol. The average Bonchev–Trinajstić information content (AvgIpc) is 2.81. The number of aryl methyl sites for hydroxylation is 1. The van der Waals surface area contributed by atoms with E-state index in [1.807, 2.05) is 31.2 Å². The predicted octanol–water partition coefficient (Wildman–Crippen LogP) is 4.14. The minimum atomic E-state index is -0.495.